The van der Waals surface area contributed by atoms with Crippen LogP contribution in [0.15, 0.2) is 35.3 Å². The van der Waals surface area contributed by atoms with Crippen LogP contribution in [0.5, 0.6) is 0 Å². The lowest BCUT2D eigenvalue weighted by atomic mass is 9.79. The van der Waals surface area contributed by atoms with Crippen LogP contribution in [0, 0.1) is 5.92 Å². The van der Waals surface area contributed by atoms with Crippen molar-refractivity contribution < 1.29 is 9.47 Å². The number of nitrogens with zero attached hydrogens (tertiary/aromatic N) is 2. The van der Waals surface area contributed by atoms with Gasteiger partial charge in [0.25, 0.3) is 0 Å². The summed E-state index contributed by atoms with van der Waals surface area (Å²) in [6.07, 6.45) is 6.28. The van der Waals surface area contributed by atoms with Gasteiger partial charge >= 0.3 is 0 Å². The van der Waals surface area contributed by atoms with Gasteiger partial charge in [-0.15, -0.1) is 24.0 Å². The molecule has 1 unspecified atom stereocenters. The average Bonchev–Trinajstić information content (AvgIpc) is 3.40. The summed E-state index contributed by atoms with van der Waals surface area (Å²) in [5, 5.41) is 3.53. The molecule has 1 aromatic carbocycles. The van der Waals surface area contributed by atoms with E-state index in [0.717, 1.165) is 38.7 Å². The number of rotatable bonds is 9. The monoisotopic (exact) mass is 515 g/mol. The first-order valence-corrected chi connectivity index (χ1v) is 10.9. The molecule has 1 aliphatic carbocycles. The molecule has 0 spiro atoms. The molecule has 6 heteroatoms. The zero-order chi connectivity index (χ0) is 19.7. The molecule has 164 valence electrons. The number of nitrogens with one attached hydrogen (secondary N) is 1. The van der Waals surface area contributed by atoms with E-state index >= 15 is 0 Å². The Bertz CT molecular complexity index is 605. The largest absolute Gasteiger partial charge is 0.382 e. The first-order chi connectivity index (χ1) is 13.8. The Labute approximate surface area is 193 Å². The van der Waals surface area contributed by atoms with Gasteiger partial charge in [-0.1, -0.05) is 43.2 Å². The van der Waals surface area contributed by atoms with E-state index in [9.17, 15) is 0 Å². The van der Waals surface area contributed by atoms with Crippen molar-refractivity contribution >= 4 is 29.9 Å². The summed E-state index contributed by atoms with van der Waals surface area (Å²) in [5.41, 5.74) is 1.67. The highest BCUT2D eigenvalue weighted by Gasteiger charge is 2.36. The van der Waals surface area contributed by atoms with E-state index in [2.05, 4.69) is 47.5 Å². The maximum Gasteiger partial charge on any atom is 0.193 e. The van der Waals surface area contributed by atoms with Crippen molar-refractivity contribution in [3.05, 3.63) is 35.9 Å². The van der Waals surface area contributed by atoms with Crippen LogP contribution in [0.3, 0.4) is 0 Å². The van der Waals surface area contributed by atoms with E-state index in [1.165, 1.54) is 37.7 Å². The molecule has 1 saturated heterocycles. The third-order valence-corrected chi connectivity index (χ3v) is 6.18. The molecule has 1 aromatic rings. The molecule has 1 N–H and O–H groups in total. The van der Waals surface area contributed by atoms with Crippen molar-refractivity contribution in [2.75, 3.05) is 53.1 Å². The molecular formula is C23H38IN3O2. The normalized spacial score (nSPS) is 21.2. The summed E-state index contributed by atoms with van der Waals surface area (Å²) < 4.78 is 10.8. The van der Waals surface area contributed by atoms with Crippen LogP contribution in [-0.4, -0.2) is 64.0 Å². The fourth-order valence-electron chi connectivity index (χ4n) is 4.59. The molecule has 0 amide bonds. The molecule has 29 heavy (non-hydrogen) atoms. The van der Waals surface area contributed by atoms with E-state index in [-0.39, 0.29) is 29.4 Å². The van der Waals surface area contributed by atoms with E-state index in [4.69, 9.17) is 14.5 Å². The Morgan fingerprint density at radius 2 is 1.97 bits per heavy atom. The van der Waals surface area contributed by atoms with Crippen LogP contribution >= 0.6 is 24.0 Å². The van der Waals surface area contributed by atoms with Crippen LogP contribution in [0.25, 0.3) is 0 Å². The molecule has 1 atom stereocenters. The van der Waals surface area contributed by atoms with E-state index in [1.807, 2.05) is 0 Å². The van der Waals surface area contributed by atoms with Crippen LogP contribution in [0.1, 0.15) is 44.6 Å². The minimum atomic E-state index is 0. The van der Waals surface area contributed by atoms with Crippen molar-refractivity contribution in [3.8, 4) is 0 Å². The molecule has 2 fully saturated rings. The highest BCUT2D eigenvalue weighted by Crippen LogP contribution is 2.41. The minimum absolute atomic E-state index is 0. The Morgan fingerprint density at radius 3 is 2.66 bits per heavy atom. The van der Waals surface area contributed by atoms with Gasteiger partial charge in [0.1, 0.15) is 0 Å². The lowest BCUT2D eigenvalue weighted by Crippen LogP contribution is -2.41. The Balaban J connectivity index is 0.00000300. The van der Waals surface area contributed by atoms with Gasteiger partial charge in [-0.2, -0.15) is 0 Å². The number of hydrogen-bond donors (Lipinski definition) is 1. The third kappa shape index (κ3) is 6.82. The third-order valence-electron chi connectivity index (χ3n) is 6.18. The van der Waals surface area contributed by atoms with Gasteiger partial charge in [0.15, 0.2) is 5.96 Å². The summed E-state index contributed by atoms with van der Waals surface area (Å²) in [6.45, 7) is 8.18. The lowest BCUT2D eigenvalue weighted by molar-refractivity contribution is 0.0536. The number of benzene rings is 1. The van der Waals surface area contributed by atoms with E-state index < -0.39 is 0 Å². The molecule has 0 bridgehead atoms. The van der Waals surface area contributed by atoms with Crippen molar-refractivity contribution in [2.24, 2.45) is 10.9 Å². The second kappa shape index (κ2) is 12.7. The summed E-state index contributed by atoms with van der Waals surface area (Å²) >= 11 is 0. The predicted molar refractivity (Wildman–Crippen MR) is 130 cm³/mol. The topological polar surface area (TPSA) is 46.1 Å². The van der Waals surface area contributed by atoms with Gasteiger partial charge < -0.3 is 19.7 Å². The fourth-order valence-corrected chi connectivity index (χ4v) is 4.59. The fraction of sp³-hybridized carbons (Fsp3) is 0.696. The quantitative estimate of drug-likeness (QED) is 0.233. The summed E-state index contributed by atoms with van der Waals surface area (Å²) in [6, 6.07) is 11.0. The van der Waals surface area contributed by atoms with Gasteiger partial charge in [-0.3, -0.25) is 4.99 Å². The molecular weight excluding hydrogens is 477 g/mol. The van der Waals surface area contributed by atoms with Gasteiger partial charge in [0, 0.05) is 38.1 Å². The Hall–Kier alpha value is -0.860. The predicted octanol–water partition coefficient (Wildman–Crippen LogP) is 4.07. The molecule has 1 aliphatic heterocycles. The van der Waals surface area contributed by atoms with Gasteiger partial charge in [0.05, 0.1) is 26.4 Å². The van der Waals surface area contributed by atoms with E-state index in [1.54, 1.807) is 7.11 Å². The molecule has 0 radical (unpaired) electrons. The van der Waals surface area contributed by atoms with Crippen LogP contribution < -0.4 is 5.32 Å². The van der Waals surface area contributed by atoms with Crippen LogP contribution in [0.4, 0.5) is 0 Å². The molecule has 0 aromatic heterocycles. The molecule has 1 saturated carbocycles. The molecule has 1 heterocycles. The first kappa shape index (κ1) is 24.4. The highest BCUT2D eigenvalue weighted by atomic mass is 127. The van der Waals surface area contributed by atoms with E-state index in [0.29, 0.717) is 19.1 Å². The standard InChI is InChI=1S/C23H37N3O2.HI/c1-3-24-22(26-14-11-20(17-26)18-28-16-15-27-2)25-19-23(12-7-8-13-23)21-9-5-4-6-10-21;/h4-6,9-10,20H,3,7-8,11-19H2,1-2H3,(H,24,25);1H. The highest BCUT2D eigenvalue weighted by molar-refractivity contribution is 14.0. The average molecular weight is 515 g/mol. The maximum atomic E-state index is 5.75. The summed E-state index contributed by atoms with van der Waals surface area (Å²) in [4.78, 5) is 7.56. The number of likely N-dealkylation sites (tertiary alicyclic amines) is 1. The van der Waals surface area contributed by atoms with Gasteiger partial charge in [-0.05, 0) is 31.7 Å². The van der Waals surface area contributed by atoms with Gasteiger partial charge in [-0.25, -0.2) is 0 Å². The van der Waals surface area contributed by atoms with Crippen molar-refractivity contribution in [1.82, 2.24) is 10.2 Å². The van der Waals surface area contributed by atoms with Crippen LogP contribution in [0.2, 0.25) is 0 Å². The Kier molecular flexibility index (Phi) is 10.7. The number of methoxy groups -OCH3 is 1. The lowest BCUT2D eigenvalue weighted by Gasteiger charge is -2.29. The van der Waals surface area contributed by atoms with Crippen molar-refractivity contribution in [2.45, 2.75) is 44.4 Å². The second-order valence-corrected chi connectivity index (χ2v) is 8.19. The first-order valence-electron chi connectivity index (χ1n) is 10.9. The number of guanidine groups is 1. The molecule has 5 nitrogen and oxygen atoms in total. The van der Waals surface area contributed by atoms with Crippen LogP contribution in [-0.2, 0) is 14.9 Å². The minimum Gasteiger partial charge on any atom is -0.382 e. The second-order valence-electron chi connectivity index (χ2n) is 8.19. The number of halogens is 1. The zero-order valence-corrected chi connectivity index (χ0v) is 20.4. The smallest absolute Gasteiger partial charge is 0.193 e. The molecule has 2 aliphatic rings. The summed E-state index contributed by atoms with van der Waals surface area (Å²) in [7, 11) is 1.71. The van der Waals surface area contributed by atoms with Gasteiger partial charge in [0.2, 0.25) is 0 Å². The Morgan fingerprint density at radius 1 is 1.21 bits per heavy atom. The van der Waals surface area contributed by atoms with Crippen molar-refractivity contribution in [1.29, 1.82) is 0 Å². The number of aliphatic imine (C=N–C) groups is 1. The summed E-state index contributed by atoms with van der Waals surface area (Å²) in [5.74, 6) is 1.65. The maximum absolute atomic E-state index is 5.75. The van der Waals surface area contributed by atoms with Crippen molar-refractivity contribution in [3.63, 3.8) is 0 Å². The molecule has 3 rings (SSSR count). The zero-order valence-electron chi connectivity index (χ0n) is 18.1. The number of hydrogen-bond acceptors (Lipinski definition) is 3. The number of ether oxygens (including phenoxy) is 2. The SMILES string of the molecule is CCNC(=NCC1(c2ccccc2)CCCC1)N1CCC(COCCOC)C1.I.